The van der Waals surface area contributed by atoms with Crippen molar-refractivity contribution in [2.45, 2.75) is 0 Å². The van der Waals surface area contributed by atoms with Gasteiger partial charge in [-0.25, -0.2) is 0 Å². The summed E-state index contributed by atoms with van der Waals surface area (Å²) in [5.41, 5.74) is 10.3. The summed E-state index contributed by atoms with van der Waals surface area (Å²) in [4.78, 5) is 35.1. The van der Waals surface area contributed by atoms with Crippen LogP contribution in [0.5, 0.6) is 0 Å². The van der Waals surface area contributed by atoms with E-state index in [-0.39, 0.29) is 36.0 Å². The average Bonchev–Trinajstić information content (AvgIpc) is 2.26. The number of hydrogen-bond donors (Lipinski definition) is 2. The molecule has 4 N–H and O–H groups in total. The van der Waals surface area contributed by atoms with Crippen LogP contribution in [0.15, 0.2) is 18.2 Å². The van der Waals surface area contributed by atoms with Gasteiger partial charge in [0.1, 0.15) is 0 Å². The Bertz CT molecular complexity index is 533. The van der Waals surface area contributed by atoms with Crippen molar-refractivity contribution < 1.29 is 14.4 Å². The number of benzene rings is 1. The number of hydrogen-bond acceptors (Lipinski definition) is 4. The van der Waals surface area contributed by atoms with Gasteiger partial charge in [0.05, 0.1) is 24.7 Å². The molecule has 1 aromatic carbocycles. The Morgan fingerprint density at radius 2 is 1.55 bits per heavy atom. The molecule has 0 heterocycles. The predicted octanol–water partition coefficient (Wildman–Crippen LogP) is 0.449. The molecule has 1 aromatic rings. The smallest absolute Gasteiger partial charge is 0.231 e. The Balaban J connectivity index is 2.84. The van der Waals surface area contributed by atoms with Crippen LogP contribution < -0.4 is 11.5 Å². The van der Waals surface area contributed by atoms with E-state index < -0.39 is 11.8 Å². The Kier molecular flexibility index (Phi) is 5.94. The Morgan fingerprint density at radius 1 is 1.00 bits per heavy atom. The number of nitrogens with two attached hydrogens (primary N) is 2. The van der Waals surface area contributed by atoms with Crippen molar-refractivity contribution in [3.63, 3.8) is 0 Å². The minimum Gasteiger partial charge on any atom is -0.369 e. The third-order valence-electron chi connectivity index (χ3n) is 2.36. The Morgan fingerprint density at radius 3 is 2.00 bits per heavy atom. The molecule has 0 fully saturated rings. The van der Waals surface area contributed by atoms with E-state index in [0.29, 0.717) is 5.02 Å². The minimum atomic E-state index is -0.666. The number of rotatable bonds is 7. The number of carbonyl (C=O) groups is 3. The number of primary amides is 2. The van der Waals surface area contributed by atoms with Crippen molar-refractivity contribution in [2.24, 2.45) is 11.5 Å². The van der Waals surface area contributed by atoms with Crippen molar-refractivity contribution in [3.8, 4) is 0 Å². The number of Topliss-reactive ketones (excluding diaryl/α,β-unsaturated/α-hetero) is 1. The fourth-order valence-corrected chi connectivity index (χ4v) is 2.13. The lowest BCUT2D eigenvalue weighted by Crippen LogP contribution is -2.42. The molecule has 1 rings (SSSR count). The molecular weight excluding hydrogens is 305 g/mol. The van der Waals surface area contributed by atoms with E-state index in [2.05, 4.69) is 0 Å². The molecule has 0 atom stereocenters. The summed E-state index contributed by atoms with van der Waals surface area (Å²) in [5, 5.41) is 0.596. The van der Waals surface area contributed by atoms with E-state index in [1.54, 1.807) is 0 Å². The minimum absolute atomic E-state index is 0.195. The molecule has 0 unspecified atom stereocenters. The largest absolute Gasteiger partial charge is 0.369 e. The van der Waals surface area contributed by atoms with Gasteiger partial charge < -0.3 is 11.5 Å². The first-order valence-corrected chi connectivity index (χ1v) is 6.32. The molecule has 0 saturated carbocycles. The zero-order chi connectivity index (χ0) is 15.3. The van der Waals surface area contributed by atoms with E-state index >= 15 is 0 Å². The highest BCUT2D eigenvalue weighted by Crippen LogP contribution is 2.21. The van der Waals surface area contributed by atoms with Crippen LogP contribution in [0.4, 0.5) is 0 Å². The lowest BCUT2D eigenvalue weighted by molar-refractivity contribution is -0.121. The average molecular weight is 318 g/mol. The highest BCUT2D eigenvalue weighted by Gasteiger charge is 2.18. The summed E-state index contributed by atoms with van der Waals surface area (Å²) in [6.45, 7) is -0.701. The lowest BCUT2D eigenvalue weighted by atomic mass is 10.1. The zero-order valence-electron chi connectivity index (χ0n) is 10.4. The molecule has 0 aromatic heterocycles. The Labute approximate surface area is 125 Å². The molecule has 108 valence electrons. The molecule has 0 aliphatic carbocycles. The quantitative estimate of drug-likeness (QED) is 0.712. The fraction of sp³-hybridized carbons (Fsp3) is 0.250. The highest BCUT2D eigenvalue weighted by molar-refractivity contribution is 6.36. The van der Waals surface area contributed by atoms with Gasteiger partial charge in [-0.1, -0.05) is 23.2 Å². The van der Waals surface area contributed by atoms with E-state index in [9.17, 15) is 14.4 Å². The monoisotopic (exact) mass is 317 g/mol. The van der Waals surface area contributed by atoms with E-state index in [1.807, 2.05) is 0 Å². The van der Waals surface area contributed by atoms with Crippen LogP contribution in [-0.2, 0) is 9.59 Å². The number of halogens is 2. The van der Waals surface area contributed by atoms with Crippen LogP contribution in [0.25, 0.3) is 0 Å². The molecular formula is C12H13Cl2N3O3. The van der Waals surface area contributed by atoms with Crippen molar-refractivity contribution in [2.75, 3.05) is 19.6 Å². The Hall–Kier alpha value is -1.63. The van der Waals surface area contributed by atoms with Gasteiger partial charge in [0.2, 0.25) is 11.8 Å². The van der Waals surface area contributed by atoms with Crippen molar-refractivity contribution in [1.29, 1.82) is 0 Å². The second-order valence-corrected chi connectivity index (χ2v) is 4.97. The number of amides is 2. The SMILES string of the molecule is NC(=O)CN(CC(N)=O)CC(=O)c1ccc(Cl)cc1Cl. The maximum atomic E-state index is 12.1. The highest BCUT2D eigenvalue weighted by atomic mass is 35.5. The predicted molar refractivity (Wildman–Crippen MR) is 75.6 cm³/mol. The molecule has 8 heteroatoms. The van der Waals surface area contributed by atoms with Crippen LogP contribution in [0.2, 0.25) is 10.0 Å². The molecule has 0 bridgehead atoms. The molecule has 0 radical (unpaired) electrons. The second-order valence-electron chi connectivity index (χ2n) is 4.13. The van der Waals surface area contributed by atoms with Gasteiger partial charge in [0, 0.05) is 10.6 Å². The van der Waals surface area contributed by atoms with Crippen LogP contribution in [0.3, 0.4) is 0 Å². The molecule has 0 aliphatic heterocycles. The van der Waals surface area contributed by atoms with Crippen LogP contribution in [0.1, 0.15) is 10.4 Å². The summed E-state index contributed by atoms with van der Waals surface area (Å²) in [6, 6.07) is 4.43. The first kappa shape index (κ1) is 16.4. The van der Waals surface area contributed by atoms with Crippen LogP contribution in [-0.4, -0.2) is 42.1 Å². The molecule has 20 heavy (non-hydrogen) atoms. The standard InChI is InChI=1S/C12H13Cl2N3O3/c13-7-1-2-8(9(14)3-7)10(18)4-17(5-11(15)19)6-12(16)20/h1-3H,4-6H2,(H2,15,19)(H2,16,20). The van der Waals surface area contributed by atoms with Gasteiger partial charge in [-0.3, -0.25) is 19.3 Å². The molecule has 6 nitrogen and oxygen atoms in total. The zero-order valence-corrected chi connectivity index (χ0v) is 11.9. The first-order chi connectivity index (χ1) is 9.29. The molecule has 0 spiro atoms. The maximum Gasteiger partial charge on any atom is 0.231 e. The van der Waals surface area contributed by atoms with Crippen molar-refractivity contribution >= 4 is 40.8 Å². The third-order valence-corrected chi connectivity index (χ3v) is 2.91. The summed E-state index contributed by atoms with van der Waals surface area (Å²) >= 11 is 11.6. The van der Waals surface area contributed by atoms with Crippen LogP contribution in [0, 0.1) is 0 Å². The number of ketones is 1. The molecule has 2 amide bonds. The van der Waals surface area contributed by atoms with Crippen molar-refractivity contribution in [3.05, 3.63) is 33.8 Å². The fourth-order valence-electron chi connectivity index (χ4n) is 1.61. The molecule has 0 aliphatic rings. The van der Waals surface area contributed by atoms with Gasteiger partial charge >= 0.3 is 0 Å². The van der Waals surface area contributed by atoms with E-state index in [0.717, 1.165) is 0 Å². The summed E-state index contributed by atoms with van der Waals surface area (Å²) in [7, 11) is 0. The van der Waals surface area contributed by atoms with Gasteiger partial charge in [-0.05, 0) is 18.2 Å². The van der Waals surface area contributed by atoms with Gasteiger partial charge in [0.25, 0.3) is 0 Å². The normalized spacial score (nSPS) is 10.6. The summed E-state index contributed by atoms with van der Waals surface area (Å²) in [5.74, 6) is -1.70. The number of nitrogens with zero attached hydrogens (tertiary/aromatic N) is 1. The third kappa shape index (κ3) is 5.16. The summed E-state index contributed by atoms with van der Waals surface area (Å²) < 4.78 is 0. The van der Waals surface area contributed by atoms with Gasteiger partial charge in [-0.2, -0.15) is 0 Å². The van der Waals surface area contributed by atoms with E-state index in [1.165, 1.54) is 23.1 Å². The van der Waals surface area contributed by atoms with Gasteiger partial charge in [-0.15, -0.1) is 0 Å². The lowest BCUT2D eigenvalue weighted by Gasteiger charge is -2.18. The van der Waals surface area contributed by atoms with Crippen molar-refractivity contribution in [1.82, 2.24) is 4.90 Å². The summed E-state index contributed by atoms with van der Waals surface area (Å²) in [6.07, 6.45) is 0. The maximum absolute atomic E-state index is 12.1. The second kappa shape index (κ2) is 7.23. The topological polar surface area (TPSA) is 106 Å². The molecule has 0 saturated heterocycles. The number of carbonyl (C=O) groups excluding carboxylic acids is 3. The first-order valence-electron chi connectivity index (χ1n) is 5.57. The van der Waals surface area contributed by atoms with Gasteiger partial charge in [0.15, 0.2) is 5.78 Å². The van der Waals surface area contributed by atoms with Crippen LogP contribution >= 0.6 is 23.2 Å². The van der Waals surface area contributed by atoms with E-state index in [4.69, 9.17) is 34.7 Å².